The number of ether oxygens (including phenoxy) is 2. The molecule has 0 saturated heterocycles. The van der Waals surface area contributed by atoms with Gasteiger partial charge in [0.1, 0.15) is 0 Å². The topological polar surface area (TPSA) is 72.8 Å². The predicted molar refractivity (Wildman–Crippen MR) is 79.0 cm³/mol. The van der Waals surface area contributed by atoms with Gasteiger partial charge in [0, 0.05) is 12.2 Å². The summed E-state index contributed by atoms with van der Waals surface area (Å²) in [6.45, 7) is 0. The number of hydrogen-bond acceptors (Lipinski definition) is 4. The summed E-state index contributed by atoms with van der Waals surface area (Å²) in [6, 6.07) is 0. The number of carbonyl (C=O) groups excluding carboxylic acids is 1. The van der Waals surface area contributed by atoms with E-state index in [2.05, 4.69) is 4.74 Å². The summed E-state index contributed by atoms with van der Waals surface area (Å²) in [5.41, 5.74) is 0. The number of aliphatic carboxylic acids is 1. The van der Waals surface area contributed by atoms with Crippen molar-refractivity contribution in [2.45, 2.75) is 42.9 Å². The monoisotopic (exact) mass is 336 g/mol. The summed E-state index contributed by atoms with van der Waals surface area (Å²) in [6.07, 6.45) is 11.0. The van der Waals surface area contributed by atoms with Crippen molar-refractivity contribution in [3.8, 4) is 0 Å². The number of carboxylic acid groups (broad SMARTS) is 1. The Hall–Kier alpha value is -1.20. The molecule has 0 unspecified atom stereocenters. The zero-order chi connectivity index (χ0) is 15.9. The molecule has 3 aliphatic rings. The Morgan fingerprint density at radius 3 is 1.86 bits per heavy atom. The normalized spacial score (nSPS) is 20.0. The molecule has 118 valence electrons. The molecular formula is C14H18Cl2O5. The maximum Gasteiger partial charge on any atom is 0.373 e. The Morgan fingerprint density at radius 2 is 1.52 bits per heavy atom. The summed E-state index contributed by atoms with van der Waals surface area (Å²) in [5, 5.41) is 8.65. The number of halogens is 2. The van der Waals surface area contributed by atoms with Crippen LogP contribution in [0.2, 0.25) is 0 Å². The molecule has 2 saturated carbocycles. The smallest absolute Gasteiger partial charge is 0.373 e. The second-order valence-corrected chi connectivity index (χ2v) is 6.16. The predicted octanol–water partition coefficient (Wildman–Crippen LogP) is 3.56. The average Bonchev–Trinajstić information content (AvgIpc) is 3.28. The Kier molecular flexibility index (Phi) is 7.05. The lowest BCUT2D eigenvalue weighted by Gasteiger charge is -2.19. The van der Waals surface area contributed by atoms with E-state index in [0.29, 0.717) is 0 Å². The van der Waals surface area contributed by atoms with Crippen molar-refractivity contribution >= 4 is 35.1 Å². The number of alkyl halides is 2. The van der Waals surface area contributed by atoms with E-state index >= 15 is 0 Å². The van der Waals surface area contributed by atoms with Crippen LogP contribution in [0.1, 0.15) is 38.5 Å². The van der Waals surface area contributed by atoms with Gasteiger partial charge in [-0.2, -0.15) is 0 Å². The average molecular weight is 337 g/mol. The lowest BCUT2D eigenvalue weighted by atomic mass is 10.2. The highest BCUT2D eigenvalue weighted by molar-refractivity contribution is 6.51. The van der Waals surface area contributed by atoms with Crippen molar-refractivity contribution in [2.24, 2.45) is 0 Å². The maximum absolute atomic E-state index is 11.1. The van der Waals surface area contributed by atoms with Crippen LogP contribution in [0.3, 0.4) is 0 Å². The third kappa shape index (κ3) is 8.63. The first kappa shape index (κ1) is 17.9. The number of rotatable bonds is 2. The van der Waals surface area contributed by atoms with Crippen molar-refractivity contribution in [3.05, 3.63) is 23.7 Å². The molecule has 1 heterocycles. The van der Waals surface area contributed by atoms with E-state index < -0.39 is 22.0 Å². The van der Waals surface area contributed by atoms with Gasteiger partial charge in [0.05, 0.1) is 7.11 Å². The van der Waals surface area contributed by atoms with E-state index in [1.165, 1.54) is 38.5 Å². The Balaban J connectivity index is 0.000000297. The number of methoxy groups -OCH3 is 1. The summed E-state index contributed by atoms with van der Waals surface area (Å²) in [5.74, 6) is -3.12. The van der Waals surface area contributed by atoms with Gasteiger partial charge in [0.25, 0.3) is 0 Å². The molecule has 0 aromatic heterocycles. The minimum Gasteiger partial charge on any atom is -0.475 e. The molecular weight excluding hydrogens is 319 g/mol. The summed E-state index contributed by atoms with van der Waals surface area (Å²) in [4.78, 5) is 21.7. The second kappa shape index (κ2) is 8.29. The van der Waals surface area contributed by atoms with Crippen LogP contribution in [0.15, 0.2) is 23.7 Å². The van der Waals surface area contributed by atoms with Gasteiger partial charge in [-0.1, -0.05) is 61.7 Å². The molecule has 2 fully saturated rings. The molecule has 0 amide bonds. The Morgan fingerprint density at radius 1 is 1.10 bits per heavy atom. The molecule has 0 aromatic rings. The molecule has 0 spiro atoms. The van der Waals surface area contributed by atoms with Gasteiger partial charge < -0.3 is 14.6 Å². The number of hydrogen-bond donors (Lipinski definition) is 1. The van der Waals surface area contributed by atoms with Crippen molar-refractivity contribution in [2.75, 3.05) is 7.11 Å². The van der Waals surface area contributed by atoms with Gasteiger partial charge in [-0.15, -0.1) is 0 Å². The number of carboxylic acids is 1. The lowest BCUT2D eigenvalue weighted by molar-refractivity contribution is -0.141. The SMILES string of the molecule is C1CC1.C1CC1.COC(=O)C1=CC(Cl)(Cl)C=C(C(=O)O)O1. The largest absolute Gasteiger partial charge is 0.475 e. The molecule has 2 aliphatic carbocycles. The van der Waals surface area contributed by atoms with Crippen LogP contribution < -0.4 is 0 Å². The van der Waals surface area contributed by atoms with E-state index in [9.17, 15) is 9.59 Å². The van der Waals surface area contributed by atoms with Gasteiger partial charge >= 0.3 is 11.9 Å². The highest BCUT2D eigenvalue weighted by Gasteiger charge is 2.32. The van der Waals surface area contributed by atoms with Crippen LogP contribution in [-0.2, 0) is 19.1 Å². The molecule has 0 aromatic carbocycles. The number of allylic oxidation sites excluding steroid dienone is 2. The Labute approximate surface area is 133 Å². The van der Waals surface area contributed by atoms with Crippen LogP contribution in [0.5, 0.6) is 0 Å². The molecule has 7 heteroatoms. The quantitative estimate of drug-likeness (QED) is 0.616. The zero-order valence-corrected chi connectivity index (χ0v) is 13.2. The fraction of sp³-hybridized carbons (Fsp3) is 0.571. The van der Waals surface area contributed by atoms with Gasteiger partial charge in [-0.25, -0.2) is 9.59 Å². The van der Waals surface area contributed by atoms with Crippen molar-refractivity contribution in [1.82, 2.24) is 0 Å². The first-order chi connectivity index (χ1) is 9.85. The molecule has 0 bridgehead atoms. The zero-order valence-electron chi connectivity index (χ0n) is 11.7. The summed E-state index contributed by atoms with van der Waals surface area (Å²) >= 11 is 11.3. The minimum atomic E-state index is -1.60. The molecule has 3 rings (SSSR count). The fourth-order valence-corrected chi connectivity index (χ4v) is 1.27. The summed E-state index contributed by atoms with van der Waals surface area (Å²) in [7, 11) is 1.12. The van der Waals surface area contributed by atoms with Crippen LogP contribution >= 0.6 is 23.2 Å². The maximum atomic E-state index is 11.1. The molecule has 0 atom stereocenters. The van der Waals surface area contributed by atoms with Crippen LogP contribution in [0.25, 0.3) is 0 Å². The Bertz CT molecular complexity index is 439. The number of carbonyl (C=O) groups is 2. The highest BCUT2D eigenvalue weighted by Crippen LogP contribution is 2.32. The van der Waals surface area contributed by atoms with Crippen molar-refractivity contribution in [3.63, 3.8) is 0 Å². The van der Waals surface area contributed by atoms with Crippen molar-refractivity contribution in [1.29, 1.82) is 0 Å². The minimum absolute atomic E-state index is 0.359. The van der Waals surface area contributed by atoms with E-state index in [-0.39, 0.29) is 5.76 Å². The summed E-state index contributed by atoms with van der Waals surface area (Å²) < 4.78 is 7.46. The highest BCUT2D eigenvalue weighted by atomic mass is 35.5. The van der Waals surface area contributed by atoms with Crippen LogP contribution in [-0.4, -0.2) is 28.5 Å². The van der Waals surface area contributed by atoms with Crippen LogP contribution in [0.4, 0.5) is 0 Å². The van der Waals surface area contributed by atoms with Gasteiger partial charge in [0.15, 0.2) is 4.33 Å². The molecule has 0 radical (unpaired) electrons. The van der Waals surface area contributed by atoms with Gasteiger partial charge in [-0.3, -0.25) is 0 Å². The van der Waals surface area contributed by atoms with E-state index in [4.69, 9.17) is 33.0 Å². The fourth-order valence-electron chi connectivity index (χ4n) is 0.875. The van der Waals surface area contributed by atoms with Crippen LogP contribution in [0, 0.1) is 0 Å². The number of esters is 1. The van der Waals surface area contributed by atoms with Crippen molar-refractivity contribution < 1.29 is 24.2 Å². The van der Waals surface area contributed by atoms with Gasteiger partial charge in [-0.05, 0) is 0 Å². The van der Waals surface area contributed by atoms with E-state index in [1.807, 2.05) is 0 Å². The molecule has 1 N–H and O–H groups in total. The first-order valence-electron chi connectivity index (χ1n) is 6.69. The molecule has 5 nitrogen and oxygen atoms in total. The third-order valence-corrected chi connectivity index (χ3v) is 2.61. The lowest BCUT2D eigenvalue weighted by Crippen LogP contribution is -2.22. The van der Waals surface area contributed by atoms with Gasteiger partial charge in [0.2, 0.25) is 11.5 Å². The van der Waals surface area contributed by atoms with E-state index in [1.54, 1.807) is 0 Å². The van der Waals surface area contributed by atoms with E-state index in [0.717, 1.165) is 19.3 Å². The second-order valence-electron chi connectivity index (χ2n) is 4.71. The third-order valence-electron chi connectivity index (χ3n) is 2.17. The standard InChI is InChI=1S/C8H6Cl2O5.2C3H6/c1-14-7(13)5-3-8(9,10)2-4(15-5)6(11)12;2*1-2-3-1/h2-3H,1H3,(H,11,12);2*1-3H2. The first-order valence-corrected chi connectivity index (χ1v) is 7.44. The molecule has 21 heavy (non-hydrogen) atoms. The molecule has 1 aliphatic heterocycles.